The second-order valence-corrected chi connectivity index (χ2v) is 0.747. The zero-order valence-corrected chi connectivity index (χ0v) is 4.01. The lowest BCUT2D eigenvalue weighted by molar-refractivity contribution is -0.136. The molecule has 3 heteroatoms. The van der Waals surface area contributed by atoms with Gasteiger partial charge >= 0.3 is 5.97 Å². The third-order valence-corrected chi connectivity index (χ3v) is 0.302. The Bertz CT molecular complexity index is 67.3. The first-order valence-corrected chi connectivity index (χ1v) is 1.71. The molecule has 0 radical (unpaired) electrons. The molecule has 0 heterocycles. The van der Waals surface area contributed by atoms with Gasteiger partial charge in [-0.2, -0.15) is 0 Å². The van der Waals surface area contributed by atoms with Crippen LogP contribution in [0.1, 0.15) is 13.3 Å². The Morgan fingerprint density at radius 3 is 2.00 bits per heavy atom. The maximum absolute atomic E-state index is 9.37. The van der Waals surface area contributed by atoms with Gasteiger partial charge in [0.15, 0.2) is 0 Å². The van der Waals surface area contributed by atoms with Crippen LogP contribution < -0.4 is 0 Å². The molecule has 0 spiro atoms. The first-order valence-electron chi connectivity index (χ1n) is 1.71. The minimum atomic E-state index is -0.745. The SMILES string of the molecule is CCC(=O)O.[C-]#N. The topological polar surface area (TPSA) is 61.1 Å². The molecule has 0 saturated carbocycles. The highest BCUT2D eigenvalue weighted by molar-refractivity contribution is 5.66. The van der Waals surface area contributed by atoms with Crippen molar-refractivity contribution in [1.29, 1.82) is 5.26 Å². The zero-order valence-electron chi connectivity index (χ0n) is 4.01. The summed E-state index contributed by atoms with van der Waals surface area (Å²) in [6.07, 6.45) is 0.222. The van der Waals surface area contributed by atoms with E-state index in [2.05, 4.69) is 0 Å². The molecule has 0 atom stereocenters. The van der Waals surface area contributed by atoms with Crippen molar-refractivity contribution < 1.29 is 9.90 Å². The molecule has 0 rings (SSSR count). The van der Waals surface area contributed by atoms with Crippen molar-refractivity contribution >= 4 is 5.97 Å². The third-order valence-electron chi connectivity index (χ3n) is 0.302. The van der Waals surface area contributed by atoms with Crippen molar-refractivity contribution in [2.75, 3.05) is 0 Å². The number of hydrogen-bond donors (Lipinski definition) is 1. The molecule has 0 fully saturated rings. The predicted molar refractivity (Wildman–Crippen MR) is 22.9 cm³/mol. The van der Waals surface area contributed by atoms with E-state index >= 15 is 0 Å². The van der Waals surface area contributed by atoms with Crippen molar-refractivity contribution in [3.8, 4) is 0 Å². The quantitative estimate of drug-likeness (QED) is 0.490. The molecule has 0 aromatic heterocycles. The smallest absolute Gasteiger partial charge is 0.303 e. The summed E-state index contributed by atoms with van der Waals surface area (Å²) in [6.45, 7) is 6.35. The van der Waals surface area contributed by atoms with Gasteiger partial charge in [0.25, 0.3) is 0 Å². The van der Waals surface area contributed by atoms with Crippen LogP contribution in [-0.2, 0) is 4.79 Å². The Kier molecular flexibility index (Phi) is 11.9. The lowest BCUT2D eigenvalue weighted by atomic mass is 10.5. The second kappa shape index (κ2) is 8.88. The Labute approximate surface area is 42.2 Å². The molecule has 0 amide bonds. The van der Waals surface area contributed by atoms with Gasteiger partial charge in [0.2, 0.25) is 0 Å². The molecule has 0 aromatic rings. The fourth-order valence-corrected chi connectivity index (χ4v) is 0. The van der Waals surface area contributed by atoms with Crippen LogP contribution in [0.2, 0.25) is 0 Å². The molecule has 0 saturated heterocycles. The average Bonchev–Trinajstić information content (AvgIpc) is 1.73. The minimum Gasteiger partial charge on any atom is -0.512 e. The van der Waals surface area contributed by atoms with E-state index in [1.165, 1.54) is 0 Å². The van der Waals surface area contributed by atoms with Gasteiger partial charge in [-0.05, 0) is 0 Å². The van der Waals surface area contributed by atoms with Crippen molar-refractivity contribution in [2.45, 2.75) is 13.3 Å². The summed E-state index contributed by atoms with van der Waals surface area (Å²) in [7, 11) is 0. The van der Waals surface area contributed by atoms with E-state index in [-0.39, 0.29) is 6.42 Å². The zero-order chi connectivity index (χ0) is 6.28. The lowest BCUT2D eigenvalue weighted by Gasteiger charge is -1.71. The molecule has 0 bridgehead atoms. The first-order chi connectivity index (χ1) is 3.27. The number of hydrogen-bond acceptors (Lipinski definition) is 2. The summed E-state index contributed by atoms with van der Waals surface area (Å²) >= 11 is 0. The predicted octanol–water partition coefficient (Wildman–Crippen LogP) is 0.577. The van der Waals surface area contributed by atoms with E-state index in [4.69, 9.17) is 16.9 Å². The number of carboxylic acid groups (broad SMARTS) is 1. The van der Waals surface area contributed by atoms with Gasteiger partial charge in [-0.3, -0.25) is 4.79 Å². The summed E-state index contributed by atoms with van der Waals surface area (Å²) in [5.74, 6) is -0.745. The molecule has 40 valence electrons. The number of nitrogens with zero attached hydrogens (tertiary/aromatic N) is 1. The number of rotatable bonds is 1. The van der Waals surface area contributed by atoms with Crippen molar-refractivity contribution in [3.63, 3.8) is 0 Å². The first kappa shape index (κ1) is 9.35. The largest absolute Gasteiger partial charge is 0.512 e. The highest BCUT2D eigenvalue weighted by Crippen LogP contribution is 1.67. The molecular weight excluding hydrogens is 94.0 g/mol. The van der Waals surface area contributed by atoms with Crippen LogP contribution in [0.4, 0.5) is 0 Å². The summed E-state index contributed by atoms with van der Waals surface area (Å²) in [5.41, 5.74) is 0. The van der Waals surface area contributed by atoms with Crippen LogP contribution in [-0.4, -0.2) is 11.1 Å². The van der Waals surface area contributed by atoms with Gasteiger partial charge in [0.05, 0.1) is 0 Å². The van der Waals surface area contributed by atoms with Gasteiger partial charge in [0.1, 0.15) is 0 Å². The average molecular weight is 100 g/mol. The van der Waals surface area contributed by atoms with Crippen LogP contribution in [0.3, 0.4) is 0 Å². The van der Waals surface area contributed by atoms with E-state index in [1.807, 2.05) is 0 Å². The highest BCUT2D eigenvalue weighted by Gasteiger charge is 1.80. The Morgan fingerprint density at radius 2 is 2.00 bits per heavy atom. The molecular formula is C4H6NO2-. The molecule has 0 unspecified atom stereocenters. The molecule has 0 aliphatic heterocycles. The van der Waals surface area contributed by atoms with Crippen molar-refractivity contribution in [1.82, 2.24) is 0 Å². The third kappa shape index (κ3) is 47.2. The van der Waals surface area contributed by atoms with Crippen LogP contribution in [0.15, 0.2) is 0 Å². The molecule has 7 heavy (non-hydrogen) atoms. The fraction of sp³-hybridized carbons (Fsp3) is 0.500. The maximum Gasteiger partial charge on any atom is 0.303 e. The van der Waals surface area contributed by atoms with Crippen molar-refractivity contribution in [3.05, 3.63) is 6.57 Å². The van der Waals surface area contributed by atoms with E-state index in [0.717, 1.165) is 0 Å². The van der Waals surface area contributed by atoms with Crippen LogP contribution in [0.25, 0.3) is 0 Å². The monoisotopic (exact) mass is 100 g/mol. The number of carboxylic acids is 1. The van der Waals surface area contributed by atoms with Gasteiger partial charge < -0.3 is 16.9 Å². The van der Waals surface area contributed by atoms with Crippen molar-refractivity contribution in [2.24, 2.45) is 0 Å². The summed E-state index contributed by atoms with van der Waals surface area (Å²) in [5, 5.41) is 14.0. The standard InChI is InChI=1S/C3H6O2.CN/c1-2-3(4)5;1-2/h2H2,1H3,(H,4,5);/q;-1. The van der Waals surface area contributed by atoms with Crippen LogP contribution in [0.5, 0.6) is 0 Å². The Morgan fingerprint density at radius 1 is 1.86 bits per heavy atom. The van der Waals surface area contributed by atoms with Gasteiger partial charge in [-0.15, -0.1) is 0 Å². The molecule has 0 aliphatic carbocycles. The normalized spacial score (nSPS) is 5.57. The Balaban J connectivity index is 0. The lowest BCUT2D eigenvalue weighted by Crippen LogP contribution is -1.86. The molecule has 3 nitrogen and oxygen atoms in total. The van der Waals surface area contributed by atoms with E-state index in [9.17, 15) is 4.79 Å². The Hall–Kier alpha value is -1.04. The summed E-state index contributed by atoms with van der Waals surface area (Å²) in [4.78, 5) is 9.37. The van der Waals surface area contributed by atoms with Gasteiger partial charge in [-0.1, -0.05) is 6.92 Å². The van der Waals surface area contributed by atoms with Gasteiger partial charge in [0, 0.05) is 6.42 Å². The van der Waals surface area contributed by atoms with Crippen LogP contribution in [0, 0.1) is 11.8 Å². The van der Waals surface area contributed by atoms with Gasteiger partial charge in [-0.25, -0.2) is 0 Å². The fourth-order valence-electron chi connectivity index (χ4n) is 0. The molecule has 0 aliphatic rings. The van der Waals surface area contributed by atoms with E-state index < -0.39 is 5.97 Å². The number of aliphatic carboxylic acids is 1. The maximum atomic E-state index is 9.37. The van der Waals surface area contributed by atoms with E-state index in [1.54, 1.807) is 6.92 Å². The van der Waals surface area contributed by atoms with E-state index in [0.29, 0.717) is 0 Å². The second-order valence-electron chi connectivity index (χ2n) is 0.747. The molecule has 1 N–H and O–H groups in total. The summed E-state index contributed by atoms with van der Waals surface area (Å²) < 4.78 is 0. The molecule has 0 aromatic carbocycles. The van der Waals surface area contributed by atoms with Crippen LogP contribution >= 0.6 is 0 Å². The summed E-state index contributed by atoms with van der Waals surface area (Å²) in [6, 6.07) is 0. The highest BCUT2D eigenvalue weighted by atomic mass is 16.4. The number of carbonyl (C=O) groups is 1. The minimum absolute atomic E-state index is 0.222.